The van der Waals surface area contributed by atoms with Gasteiger partial charge in [-0.15, -0.1) is 0 Å². The average molecular weight is 378 g/mol. The van der Waals surface area contributed by atoms with Crippen molar-refractivity contribution in [3.8, 4) is 0 Å². The zero-order valence-electron chi connectivity index (χ0n) is 16.2. The number of carbonyl (C=O) groups excluding carboxylic acids is 1. The fourth-order valence-electron chi connectivity index (χ4n) is 2.95. The molecule has 28 heavy (non-hydrogen) atoms. The summed E-state index contributed by atoms with van der Waals surface area (Å²) in [6.45, 7) is 6.23. The number of hydrogen-bond acceptors (Lipinski definition) is 4. The monoisotopic (exact) mass is 378 g/mol. The van der Waals surface area contributed by atoms with Crippen LogP contribution in [0.5, 0.6) is 0 Å². The molecule has 0 atom stereocenters. The lowest BCUT2D eigenvalue weighted by Gasteiger charge is -2.13. The van der Waals surface area contributed by atoms with Crippen molar-refractivity contribution < 1.29 is 9.18 Å². The first-order valence-electron chi connectivity index (χ1n) is 9.14. The van der Waals surface area contributed by atoms with Crippen LogP contribution in [0.2, 0.25) is 0 Å². The third-order valence-corrected chi connectivity index (χ3v) is 4.42. The minimum atomic E-state index is -0.270. The van der Waals surface area contributed by atoms with E-state index >= 15 is 0 Å². The van der Waals surface area contributed by atoms with Gasteiger partial charge in [0.15, 0.2) is 0 Å². The van der Waals surface area contributed by atoms with Gasteiger partial charge in [-0.2, -0.15) is 0 Å². The molecule has 3 rings (SSSR count). The van der Waals surface area contributed by atoms with E-state index in [1.165, 1.54) is 12.1 Å². The Kier molecular flexibility index (Phi) is 5.99. The molecule has 1 amide bonds. The summed E-state index contributed by atoms with van der Waals surface area (Å²) < 4.78 is 13.0. The van der Waals surface area contributed by atoms with Crippen LogP contribution in [0.25, 0.3) is 0 Å². The largest absolute Gasteiger partial charge is 0.350 e. The molecule has 0 spiro atoms. The first kappa shape index (κ1) is 19.5. The Morgan fingerprint density at radius 3 is 2.36 bits per heavy atom. The van der Waals surface area contributed by atoms with Crippen LogP contribution in [0.15, 0.2) is 48.5 Å². The fraction of sp³-hybridized carbons (Fsp3) is 0.227. The van der Waals surface area contributed by atoms with Gasteiger partial charge >= 0.3 is 0 Å². The van der Waals surface area contributed by atoms with Crippen molar-refractivity contribution in [3.05, 3.63) is 82.6 Å². The van der Waals surface area contributed by atoms with Crippen LogP contribution in [0, 0.1) is 26.6 Å². The third kappa shape index (κ3) is 4.91. The number of carbonyl (C=O) groups is 1. The number of amides is 1. The fourth-order valence-corrected chi connectivity index (χ4v) is 2.95. The Morgan fingerprint density at radius 2 is 1.68 bits per heavy atom. The lowest BCUT2D eigenvalue weighted by molar-refractivity contribution is 0.0949. The summed E-state index contributed by atoms with van der Waals surface area (Å²) in [7, 11) is 0. The Balaban J connectivity index is 1.68. The highest BCUT2D eigenvalue weighted by molar-refractivity contribution is 5.93. The van der Waals surface area contributed by atoms with Crippen molar-refractivity contribution in [2.45, 2.75) is 27.2 Å². The molecular formula is C22H23FN4O. The van der Waals surface area contributed by atoms with Gasteiger partial charge in [-0.1, -0.05) is 30.3 Å². The number of aromatic nitrogens is 2. The van der Waals surface area contributed by atoms with Crippen molar-refractivity contribution >= 4 is 17.4 Å². The summed E-state index contributed by atoms with van der Waals surface area (Å²) >= 11 is 0. The molecule has 2 N–H and O–H groups in total. The molecule has 0 saturated heterocycles. The van der Waals surface area contributed by atoms with E-state index in [0.29, 0.717) is 30.3 Å². The highest BCUT2D eigenvalue weighted by Crippen LogP contribution is 2.23. The Morgan fingerprint density at radius 1 is 1.00 bits per heavy atom. The van der Waals surface area contributed by atoms with Crippen LogP contribution in [0.4, 0.5) is 15.9 Å². The topological polar surface area (TPSA) is 66.9 Å². The molecule has 0 unspecified atom stereocenters. The minimum Gasteiger partial charge on any atom is -0.350 e. The van der Waals surface area contributed by atoms with Crippen molar-refractivity contribution in [1.29, 1.82) is 0 Å². The summed E-state index contributed by atoms with van der Waals surface area (Å²) in [5.74, 6) is 0.554. The van der Waals surface area contributed by atoms with Gasteiger partial charge in [0.25, 0.3) is 5.91 Å². The lowest BCUT2D eigenvalue weighted by atomic mass is 10.1. The van der Waals surface area contributed by atoms with Gasteiger partial charge in [-0.3, -0.25) is 4.79 Å². The smallest absolute Gasteiger partial charge is 0.270 e. The number of anilines is 2. The molecule has 5 nitrogen and oxygen atoms in total. The van der Waals surface area contributed by atoms with E-state index in [0.717, 1.165) is 22.4 Å². The number of nitrogens with one attached hydrogen (secondary N) is 2. The molecule has 0 aliphatic carbocycles. The molecule has 1 heterocycles. The van der Waals surface area contributed by atoms with Gasteiger partial charge in [0.2, 0.25) is 0 Å². The predicted molar refractivity (Wildman–Crippen MR) is 108 cm³/mol. The van der Waals surface area contributed by atoms with Crippen molar-refractivity contribution in [2.75, 3.05) is 11.9 Å². The van der Waals surface area contributed by atoms with Crippen molar-refractivity contribution in [3.63, 3.8) is 0 Å². The highest BCUT2D eigenvalue weighted by atomic mass is 19.1. The van der Waals surface area contributed by atoms with Gasteiger partial charge in [0.1, 0.15) is 23.2 Å². The second kappa shape index (κ2) is 8.61. The van der Waals surface area contributed by atoms with E-state index < -0.39 is 0 Å². The molecule has 0 saturated carbocycles. The summed E-state index contributed by atoms with van der Waals surface area (Å²) in [5.41, 5.74) is 4.43. The lowest BCUT2D eigenvalue weighted by Crippen LogP contribution is -2.27. The summed E-state index contributed by atoms with van der Waals surface area (Å²) in [6.07, 6.45) is 0.615. The number of aryl methyl sites for hydroxylation is 3. The molecule has 1 aromatic heterocycles. The average Bonchev–Trinajstić information content (AvgIpc) is 2.66. The standard InChI is InChI=1S/C22H23FN4O/c1-14-5-4-6-15(2)21(14)27-20-13-19(25-16(3)26-20)22(28)24-12-11-17-7-9-18(23)10-8-17/h4-10,13H,11-12H2,1-3H3,(H,24,28)(H,25,26,27). The van der Waals surface area contributed by atoms with Gasteiger partial charge in [0, 0.05) is 18.3 Å². The maximum Gasteiger partial charge on any atom is 0.270 e. The quantitative estimate of drug-likeness (QED) is 0.673. The number of hydrogen-bond donors (Lipinski definition) is 2. The zero-order valence-corrected chi connectivity index (χ0v) is 16.2. The van der Waals surface area contributed by atoms with E-state index in [9.17, 15) is 9.18 Å². The first-order valence-corrected chi connectivity index (χ1v) is 9.14. The van der Waals surface area contributed by atoms with Crippen LogP contribution in [0.1, 0.15) is 33.0 Å². The summed E-state index contributed by atoms with van der Waals surface area (Å²) in [4.78, 5) is 21.1. The normalized spacial score (nSPS) is 10.6. The van der Waals surface area contributed by atoms with Gasteiger partial charge in [-0.25, -0.2) is 14.4 Å². The van der Waals surface area contributed by atoms with Gasteiger partial charge in [0.05, 0.1) is 0 Å². The van der Waals surface area contributed by atoms with E-state index in [4.69, 9.17) is 0 Å². The molecule has 3 aromatic rings. The molecule has 6 heteroatoms. The molecule has 0 aliphatic rings. The maximum atomic E-state index is 13.0. The van der Waals surface area contributed by atoms with Crippen molar-refractivity contribution in [1.82, 2.24) is 15.3 Å². The molecule has 0 bridgehead atoms. The number of para-hydroxylation sites is 1. The van der Waals surface area contributed by atoms with Crippen LogP contribution >= 0.6 is 0 Å². The number of rotatable bonds is 6. The van der Waals surface area contributed by atoms with E-state index in [-0.39, 0.29) is 11.7 Å². The van der Waals surface area contributed by atoms with Crippen LogP contribution in [-0.4, -0.2) is 22.4 Å². The molecule has 0 radical (unpaired) electrons. The minimum absolute atomic E-state index is 0.267. The second-order valence-corrected chi connectivity index (χ2v) is 6.71. The third-order valence-electron chi connectivity index (χ3n) is 4.42. The molecule has 0 aliphatic heterocycles. The van der Waals surface area contributed by atoms with E-state index in [2.05, 4.69) is 20.6 Å². The number of halogens is 1. The SMILES string of the molecule is Cc1nc(Nc2c(C)cccc2C)cc(C(=O)NCCc2ccc(F)cc2)n1. The van der Waals surface area contributed by atoms with Gasteiger partial charge in [-0.05, 0) is 56.0 Å². The molecule has 144 valence electrons. The maximum absolute atomic E-state index is 13.0. The Hall–Kier alpha value is -3.28. The molecule has 2 aromatic carbocycles. The van der Waals surface area contributed by atoms with Gasteiger partial charge < -0.3 is 10.6 Å². The summed E-state index contributed by atoms with van der Waals surface area (Å²) in [6, 6.07) is 13.9. The highest BCUT2D eigenvalue weighted by Gasteiger charge is 2.12. The Bertz CT molecular complexity index is 966. The van der Waals surface area contributed by atoms with Crippen LogP contribution < -0.4 is 10.6 Å². The van der Waals surface area contributed by atoms with Crippen molar-refractivity contribution in [2.24, 2.45) is 0 Å². The van der Waals surface area contributed by atoms with Crippen LogP contribution in [0.3, 0.4) is 0 Å². The molecular weight excluding hydrogens is 355 g/mol. The number of nitrogens with zero attached hydrogens (tertiary/aromatic N) is 2. The van der Waals surface area contributed by atoms with E-state index in [1.807, 2.05) is 32.0 Å². The van der Waals surface area contributed by atoms with E-state index in [1.54, 1.807) is 25.1 Å². The first-order chi connectivity index (χ1) is 13.4. The van der Waals surface area contributed by atoms with Crippen LogP contribution in [-0.2, 0) is 6.42 Å². The zero-order chi connectivity index (χ0) is 20.1. The summed E-state index contributed by atoms with van der Waals surface area (Å²) in [5, 5.41) is 6.15. The predicted octanol–water partition coefficient (Wildman–Crippen LogP) is 4.26. The Labute approximate surface area is 164 Å². The number of benzene rings is 2. The molecule has 0 fully saturated rings. The second-order valence-electron chi connectivity index (χ2n) is 6.71.